The molecule has 40 heavy (non-hydrogen) atoms. The first-order chi connectivity index (χ1) is 19.1. The number of hydrogen-bond donors (Lipinski definition) is 2. The Hall–Kier alpha value is -3.59. The molecular formula is C31H40N4O5. The van der Waals surface area contributed by atoms with Gasteiger partial charge in [0.15, 0.2) is 5.96 Å². The van der Waals surface area contributed by atoms with Crippen molar-refractivity contribution in [3.8, 4) is 11.5 Å². The molecule has 1 unspecified atom stereocenters. The van der Waals surface area contributed by atoms with Crippen LogP contribution in [0.1, 0.15) is 93.4 Å². The summed E-state index contributed by atoms with van der Waals surface area (Å²) in [6.07, 6.45) is 2.60. The lowest BCUT2D eigenvalue weighted by Crippen LogP contribution is -2.54. The quantitative estimate of drug-likeness (QED) is 0.520. The lowest BCUT2D eigenvalue weighted by Gasteiger charge is -2.43. The summed E-state index contributed by atoms with van der Waals surface area (Å²) < 4.78 is 17.7. The van der Waals surface area contributed by atoms with Crippen molar-refractivity contribution in [1.82, 2.24) is 10.2 Å². The van der Waals surface area contributed by atoms with Gasteiger partial charge < -0.3 is 25.3 Å². The molecule has 3 heterocycles. The van der Waals surface area contributed by atoms with Crippen LogP contribution >= 0.6 is 0 Å². The van der Waals surface area contributed by atoms with Crippen molar-refractivity contribution < 1.29 is 23.8 Å². The molecule has 0 spiro atoms. The molecule has 2 aromatic carbocycles. The molecule has 5 rings (SSSR count). The van der Waals surface area contributed by atoms with Crippen LogP contribution in [0.2, 0.25) is 0 Å². The fourth-order valence-electron chi connectivity index (χ4n) is 6.19. The third-order valence-corrected chi connectivity index (χ3v) is 8.42. The molecule has 3 atom stereocenters. The topological polar surface area (TPSA) is 115 Å². The van der Waals surface area contributed by atoms with Crippen molar-refractivity contribution in [2.45, 2.75) is 89.1 Å². The van der Waals surface area contributed by atoms with E-state index in [1.54, 1.807) is 24.1 Å². The largest absolute Gasteiger partial charge is 0.488 e. The van der Waals surface area contributed by atoms with Crippen LogP contribution in [-0.2, 0) is 9.53 Å². The van der Waals surface area contributed by atoms with Gasteiger partial charge in [-0.2, -0.15) is 0 Å². The maximum atomic E-state index is 13.6. The zero-order valence-electron chi connectivity index (χ0n) is 24.0. The van der Waals surface area contributed by atoms with Crippen LogP contribution in [0.25, 0.3) is 0 Å². The number of methoxy groups -OCH3 is 1. The van der Waals surface area contributed by atoms with Gasteiger partial charge in [0.25, 0.3) is 5.91 Å². The maximum absolute atomic E-state index is 13.6. The standard InChI is InChI=1S/C31H40N4O5/c1-6-31(7-2)17-27(36)35(29(32)34-31)24-15-20(18-38-5)39-25-13-12-19(14-22(24)25)28(37)33-23-16-30(3,4)40-26-11-9-8-10-21(23)26/h8-14,20,23-24H,6-7,15-18H2,1-5H3,(H2,32,34)(H,33,37)/t20?,23-,24+/m0/s1. The Labute approximate surface area is 236 Å². The molecule has 2 aromatic rings. The number of guanidine groups is 1. The van der Waals surface area contributed by atoms with Gasteiger partial charge in [0.1, 0.15) is 23.2 Å². The van der Waals surface area contributed by atoms with E-state index in [2.05, 4.69) is 5.32 Å². The number of carbonyl (C=O) groups excluding carboxylic acids is 2. The molecule has 0 radical (unpaired) electrons. The molecule has 9 heteroatoms. The molecular weight excluding hydrogens is 508 g/mol. The summed E-state index contributed by atoms with van der Waals surface area (Å²) in [5.74, 6) is 1.32. The van der Waals surface area contributed by atoms with Gasteiger partial charge in [-0.05, 0) is 51.0 Å². The Bertz CT molecular complexity index is 1320. The summed E-state index contributed by atoms with van der Waals surface area (Å²) >= 11 is 0. The van der Waals surface area contributed by atoms with Crippen LogP contribution in [0.5, 0.6) is 11.5 Å². The fraction of sp³-hybridized carbons (Fsp3) is 0.516. The lowest BCUT2D eigenvalue weighted by atomic mass is 9.86. The van der Waals surface area contributed by atoms with Crippen molar-refractivity contribution in [2.24, 2.45) is 10.7 Å². The summed E-state index contributed by atoms with van der Waals surface area (Å²) in [4.78, 5) is 33.6. The van der Waals surface area contributed by atoms with Crippen molar-refractivity contribution in [3.63, 3.8) is 0 Å². The summed E-state index contributed by atoms with van der Waals surface area (Å²) in [6.45, 7) is 8.47. The summed E-state index contributed by atoms with van der Waals surface area (Å²) in [5.41, 5.74) is 7.76. The van der Waals surface area contributed by atoms with Crippen LogP contribution in [0.3, 0.4) is 0 Å². The van der Waals surface area contributed by atoms with Crippen molar-refractivity contribution in [3.05, 3.63) is 59.2 Å². The predicted octanol–water partition coefficient (Wildman–Crippen LogP) is 4.66. The van der Waals surface area contributed by atoms with Crippen LogP contribution < -0.4 is 20.5 Å². The van der Waals surface area contributed by atoms with Crippen LogP contribution in [-0.4, -0.2) is 53.6 Å². The van der Waals surface area contributed by atoms with E-state index in [0.29, 0.717) is 37.2 Å². The number of nitrogens with one attached hydrogen (secondary N) is 1. The van der Waals surface area contributed by atoms with Crippen LogP contribution in [0.4, 0.5) is 0 Å². The van der Waals surface area contributed by atoms with E-state index < -0.39 is 17.2 Å². The van der Waals surface area contributed by atoms with Gasteiger partial charge in [-0.1, -0.05) is 32.0 Å². The van der Waals surface area contributed by atoms with E-state index >= 15 is 0 Å². The molecule has 0 saturated carbocycles. The molecule has 0 saturated heterocycles. The van der Waals surface area contributed by atoms with E-state index in [0.717, 1.165) is 29.7 Å². The number of aliphatic imine (C=N–C) groups is 1. The number of hydrogen-bond acceptors (Lipinski definition) is 7. The van der Waals surface area contributed by atoms with E-state index in [-0.39, 0.29) is 29.9 Å². The minimum atomic E-state index is -0.479. The number of carbonyl (C=O) groups is 2. The molecule has 3 aliphatic rings. The first-order valence-electron chi connectivity index (χ1n) is 14.1. The lowest BCUT2D eigenvalue weighted by molar-refractivity contribution is -0.132. The number of ether oxygens (including phenoxy) is 3. The second-order valence-corrected chi connectivity index (χ2v) is 11.7. The second kappa shape index (κ2) is 10.8. The normalized spacial score (nSPS) is 24.6. The SMILES string of the molecule is CCC1(CC)CC(=O)N([C@@H]2CC(COC)Oc3ccc(C(=O)N[C@H]4CC(C)(C)Oc5ccccc54)cc32)C(N)=N1. The van der Waals surface area contributed by atoms with Gasteiger partial charge in [-0.15, -0.1) is 0 Å². The van der Waals surface area contributed by atoms with E-state index in [4.69, 9.17) is 24.9 Å². The second-order valence-electron chi connectivity index (χ2n) is 11.7. The van der Waals surface area contributed by atoms with Crippen molar-refractivity contribution in [2.75, 3.05) is 13.7 Å². The highest BCUT2D eigenvalue weighted by atomic mass is 16.5. The third kappa shape index (κ3) is 5.27. The van der Waals surface area contributed by atoms with Crippen LogP contribution in [0.15, 0.2) is 47.5 Å². The Kier molecular flexibility index (Phi) is 7.52. The highest BCUT2D eigenvalue weighted by Crippen LogP contribution is 2.43. The molecule has 9 nitrogen and oxygen atoms in total. The Balaban J connectivity index is 1.47. The van der Waals surface area contributed by atoms with Gasteiger partial charge >= 0.3 is 0 Å². The Morgan fingerprint density at radius 1 is 1.15 bits per heavy atom. The zero-order valence-corrected chi connectivity index (χ0v) is 24.0. The van der Waals surface area contributed by atoms with E-state index in [1.807, 2.05) is 58.0 Å². The van der Waals surface area contributed by atoms with Gasteiger partial charge in [0, 0.05) is 36.6 Å². The summed E-state index contributed by atoms with van der Waals surface area (Å²) in [5, 5.41) is 3.21. The van der Waals surface area contributed by atoms with Crippen molar-refractivity contribution >= 4 is 17.8 Å². The van der Waals surface area contributed by atoms with Crippen molar-refractivity contribution in [1.29, 1.82) is 0 Å². The highest BCUT2D eigenvalue weighted by molar-refractivity contribution is 6.00. The molecule has 214 valence electrons. The first kappa shape index (κ1) is 28.0. The Morgan fingerprint density at radius 3 is 2.60 bits per heavy atom. The highest BCUT2D eigenvalue weighted by Gasteiger charge is 2.43. The monoisotopic (exact) mass is 548 g/mol. The first-order valence-corrected chi connectivity index (χ1v) is 14.1. The number of amides is 2. The number of nitrogens with two attached hydrogens (primary N) is 1. The van der Waals surface area contributed by atoms with E-state index in [1.165, 1.54) is 0 Å². The van der Waals surface area contributed by atoms with Gasteiger partial charge in [0.05, 0.1) is 30.7 Å². The minimum absolute atomic E-state index is 0.0684. The molecule has 3 N–H and O–H groups in total. The fourth-order valence-corrected chi connectivity index (χ4v) is 6.19. The smallest absolute Gasteiger partial charge is 0.251 e. The van der Waals surface area contributed by atoms with Gasteiger partial charge in [0.2, 0.25) is 5.91 Å². The van der Waals surface area contributed by atoms with Gasteiger partial charge in [-0.3, -0.25) is 14.5 Å². The molecule has 0 aliphatic carbocycles. The third-order valence-electron chi connectivity index (χ3n) is 8.42. The average molecular weight is 549 g/mol. The number of rotatable bonds is 7. The molecule has 2 amide bonds. The van der Waals surface area contributed by atoms with Gasteiger partial charge in [-0.25, -0.2) is 4.99 Å². The van der Waals surface area contributed by atoms with E-state index in [9.17, 15) is 9.59 Å². The summed E-state index contributed by atoms with van der Waals surface area (Å²) in [7, 11) is 1.62. The predicted molar refractivity (Wildman–Crippen MR) is 152 cm³/mol. The van der Waals surface area contributed by atoms with Crippen LogP contribution in [0, 0.1) is 0 Å². The molecule has 0 bridgehead atoms. The molecule has 0 fully saturated rings. The number of para-hydroxylation sites is 1. The molecule has 3 aliphatic heterocycles. The maximum Gasteiger partial charge on any atom is 0.251 e. The number of benzene rings is 2. The number of fused-ring (bicyclic) bond motifs is 2. The molecule has 0 aromatic heterocycles. The zero-order chi connectivity index (χ0) is 28.7. The minimum Gasteiger partial charge on any atom is -0.488 e. The number of nitrogens with zero attached hydrogens (tertiary/aromatic N) is 2. The summed E-state index contributed by atoms with van der Waals surface area (Å²) in [6, 6.07) is 12.5. The average Bonchev–Trinajstić information content (AvgIpc) is 2.91. The Morgan fingerprint density at radius 2 is 1.90 bits per heavy atom.